The van der Waals surface area contributed by atoms with Crippen LogP contribution in [0.2, 0.25) is 0 Å². The predicted octanol–water partition coefficient (Wildman–Crippen LogP) is 6.19. The Morgan fingerprint density at radius 2 is 0.870 bits per heavy atom. The first-order valence-electron chi connectivity index (χ1n) is 10.0. The number of hydrogen-bond acceptors (Lipinski definition) is 3. The van der Waals surface area contributed by atoms with Gasteiger partial charge >= 0.3 is 0 Å². The second-order valence-electron chi connectivity index (χ2n) is 6.82. The van der Waals surface area contributed by atoms with Gasteiger partial charge in [0.05, 0.1) is 0 Å². The third kappa shape index (κ3) is 15.2. The van der Waals surface area contributed by atoms with Crippen molar-refractivity contribution in [1.29, 1.82) is 0 Å². The topological polar surface area (TPSA) is 38.7 Å². The summed E-state index contributed by atoms with van der Waals surface area (Å²) in [7, 11) is 2.96. The Labute approximate surface area is 145 Å². The van der Waals surface area contributed by atoms with E-state index in [0.717, 1.165) is 12.8 Å². The second kappa shape index (κ2) is 16.7. The fourth-order valence-electron chi connectivity index (χ4n) is 3.01. The zero-order chi connectivity index (χ0) is 17.2. The minimum absolute atomic E-state index is 0.554. The summed E-state index contributed by atoms with van der Waals surface area (Å²) in [5.74, 6) is -1.38. The van der Waals surface area contributed by atoms with Gasteiger partial charge in [-0.25, -0.2) is 0 Å². The summed E-state index contributed by atoms with van der Waals surface area (Å²) in [6.45, 7) is 2.28. The standard InChI is InChI=1S/C20H42O3/c1-4-5-6-7-8-9-10-11-12-13-14-15-16-17-18-19-20(21,22-2)23-3/h21H,4-19H2,1-3H3. The van der Waals surface area contributed by atoms with Gasteiger partial charge in [-0.3, -0.25) is 0 Å². The number of hydrogen-bond donors (Lipinski definition) is 1. The van der Waals surface area contributed by atoms with Gasteiger partial charge in [0.15, 0.2) is 0 Å². The van der Waals surface area contributed by atoms with Gasteiger partial charge in [0, 0.05) is 20.6 Å². The van der Waals surface area contributed by atoms with Crippen LogP contribution in [0.4, 0.5) is 0 Å². The zero-order valence-corrected chi connectivity index (χ0v) is 16.1. The molecule has 0 atom stereocenters. The lowest BCUT2D eigenvalue weighted by atomic mass is 10.0. The van der Waals surface area contributed by atoms with Crippen LogP contribution in [0.25, 0.3) is 0 Å². The van der Waals surface area contributed by atoms with Gasteiger partial charge in [-0.15, -0.1) is 0 Å². The van der Waals surface area contributed by atoms with Crippen molar-refractivity contribution < 1.29 is 14.6 Å². The molecular weight excluding hydrogens is 288 g/mol. The SMILES string of the molecule is CCCCCCCCCCCCCCCCCC(O)(OC)OC. The molecule has 0 aliphatic rings. The van der Waals surface area contributed by atoms with E-state index in [1.807, 2.05) is 0 Å². The predicted molar refractivity (Wildman–Crippen MR) is 98.5 cm³/mol. The van der Waals surface area contributed by atoms with Crippen LogP contribution in [0, 0.1) is 0 Å². The van der Waals surface area contributed by atoms with E-state index in [2.05, 4.69) is 6.92 Å². The van der Waals surface area contributed by atoms with Crippen molar-refractivity contribution in [3.8, 4) is 0 Å². The Morgan fingerprint density at radius 3 is 1.17 bits per heavy atom. The van der Waals surface area contributed by atoms with Crippen molar-refractivity contribution in [2.45, 2.75) is 116 Å². The molecule has 0 bridgehead atoms. The Hall–Kier alpha value is -0.120. The van der Waals surface area contributed by atoms with Crippen molar-refractivity contribution in [3.05, 3.63) is 0 Å². The van der Waals surface area contributed by atoms with Gasteiger partial charge in [0.25, 0.3) is 5.97 Å². The highest BCUT2D eigenvalue weighted by atomic mass is 16.8. The molecule has 140 valence electrons. The first kappa shape index (κ1) is 22.9. The zero-order valence-electron chi connectivity index (χ0n) is 16.1. The number of rotatable bonds is 18. The summed E-state index contributed by atoms with van der Waals surface area (Å²) in [5, 5.41) is 9.79. The molecule has 0 saturated heterocycles. The van der Waals surface area contributed by atoms with Crippen molar-refractivity contribution in [2.75, 3.05) is 14.2 Å². The molecule has 0 radical (unpaired) electrons. The average molecular weight is 331 g/mol. The van der Waals surface area contributed by atoms with E-state index in [0.29, 0.717) is 6.42 Å². The van der Waals surface area contributed by atoms with E-state index in [-0.39, 0.29) is 0 Å². The molecule has 23 heavy (non-hydrogen) atoms. The summed E-state index contributed by atoms with van der Waals surface area (Å²) in [5.41, 5.74) is 0. The largest absolute Gasteiger partial charge is 0.343 e. The van der Waals surface area contributed by atoms with Gasteiger partial charge in [-0.1, -0.05) is 96.8 Å². The van der Waals surface area contributed by atoms with E-state index in [9.17, 15) is 5.11 Å². The van der Waals surface area contributed by atoms with Crippen molar-refractivity contribution >= 4 is 0 Å². The fraction of sp³-hybridized carbons (Fsp3) is 1.00. The Kier molecular flexibility index (Phi) is 16.6. The molecule has 0 aromatic rings. The monoisotopic (exact) mass is 330 g/mol. The first-order valence-corrected chi connectivity index (χ1v) is 10.0. The highest BCUT2D eigenvalue weighted by Crippen LogP contribution is 2.18. The lowest BCUT2D eigenvalue weighted by Gasteiger charge is -2.23. The molecule has 0 heterocycles. The van der Waals surface area contributed by atoms with Crippen LogP contribution in [0.1, 0.15) is 110 Å². The van der Waals surface area contributed by atoms with Gasteiger partial charge in [-0.2, -0.15) is 0 Å². The maximum absolute atomic E-state index is 9.79. The molecule has 0 saturated carbocycles. The van der Waals surface area contributed by atoms with E-state index in [4.69, 9.17) is 9.47 Å². The summed E-state index contributed by atoms with van der Waals surface area (Å²) in [6.07, 6.45) is 20.7. The highest BCUT2D eigenvalue weighted by Gasteiger charge is 2.24. The minimum Gasteiger partial charge on any atom is -0.343 e. The van der Waals surface area contributed by atoms with Crippen LogP contribution in [-0.2, 0) is 9.47 Å². The van der Waals surface area contributed by atoms with Crippen molar-refractivity contribution in [2.24, 2.45) is 0 Å². The van der Waals surface area contributed by atoms with E-state index < -0.39 is 5.97 Å². The summed E-state index contributed by atoms with van der Waals surface area (Å²) in [4.78, 5) is 0. The molecule has 0 amide bonds. The maximum atomic E-state index is 9.79. The summed E-state index contributed by atoms with van der Waals surface area (Å²) < 4.78 is 9.88. The Morgan fingerprint density at radius 1 is 0.565 bits per heavy atom. The molecule has 0 aliphatic carbocycles. The Balaban J connectivity index is 3.14. The summed E-state index contributed by atoms with van der Waals surface area (Å²) >= 11 is 0. The van der Waals surface area contributed by atoms with Gasteiger partial charge in [-0.05, 0) is 6.42 Å². The van der Waals surface area contributed by atoms with E-state index in [1.165, 1.54) is 97.7 Å². The minimum atomic E-state index is -1.38. The normalized spacial score (nSPS) is 12.0. The molecule has 0 rings (SSSR count). The molecule has 0 aliphatic heterocycles. The second-order valence-corrected chi connectivity index (χ2v) is 6.82. The van der Waals surface area contributed by atoms with Crippen LogP contribution in [0.5, 0.6) is 0 Å². The molecule has 0 fully saturated rings. The van der Waals surface area contributed by atoms with Crippen LogP contribution in [0.15, 0.2) is 0 Å². The number of ether oxygens (including phenoxy) is 2. The average Bonchev–Trinajstić information content (AvgIpc) is 2.58. The molecule has 3 heteroatoms. The van der Waals surface area contributed by atoms with E-state index in [1.54, 1.807) is 0 Å². The lowest BCUT2D eigenvalue weighted by Crippen LogP contribution is -2.32. The maximum Gasteiger partial charge on any atom is 0.279 e. The molecular formula is C20H42O3. The fourth-order valence-corrected chi connectivity index (χ4v) is 3.01. The quantitative estimate of drug-likeness (QED) is 0.241. The van der Waals surface area contributed by atoms with Crippen molar-refractivity contribution in [3.63, 3.8) is 0 Å². The summed E-state index contributed by atoms with van der Waals surface area (Å²) in [6, 6.07) is 0. The lowest BCUT2D eigenvalue weighted by molar-refractivity contribution is -0.342. The molecule has 0 aromatic carbocycles. The molecule has 3 nitrogen and oxygen atoms in total. The van der Waals surface area contributed by atoms with Crippen LogP contribution in [-0.4, -0.2) is 25.3 Å². The molecule has 0 unspecified atom stereocenters. The molecule has 0 aromatic heterocycles. The number of unbranched alkanes of at least 4 members (excludes halogenated alkanes) is 14. The van der Waals surface area contributed by atoms with Crippen molar-refractivity contribution in [1.82, 2.24) is 0 Å². The van der Waals surface area contributed by atoms with Gasteiger partial charge < -0.3 is 14.6 Å². The van der Waals surface area contributed by atoms with Crippen LogP contribution in [0.3, 0.4) is 0 Å². The number of aliphatic hydroxyl groups is 1. The smallest absolute Gasteiger partial charge is 0.279 e. The Bertz CT molecular complexity index is 227. The third-order valence-corrected chi connectivity index (χ3v) is 4.73. The van der Waals surface area contributed by atoms with Gasteiger partial charge in [0.2, 0.25) is 0 Å². The van der Waals surface area contributed by atoms with Crippen LogP contribution < -0.4 is 0 Å². The third-order valence-electron chi connectivity index (χ3n) is 4.73. The highest BCUT2D eigenvalue weighted by molar-refractivity contribution is 4.54. The molecule has 1 N–H and O–H groups in total. The number of methoxy groups -OCH3 is 2. The molecule has 0 spiro atoms. The van der Waals surface area contributed by atoms with E-state index >= 15 is 0 Å². The first-order chi connectivity index (χ1) is 11.2. The van der Waals surface area contributed by atoms with Gasteiger partial charge in [0.1, 0.15) is 0 Å². The van der Waals surface area contributed by atoms with Crippen LogP contribution >= 0.6 is 0 Å².